The summed E-state index contributed by atoms with van der Waals surface area (Å²) in [7, 11) is 1.73. The number of carbonyl (C=O) groups is 2. The quantitative estimate of drug-likeness (QED) is 0.852. The molecule has 0 unspecified atom stereocenters. The first-order valence-electron chi connectivity index (χ1n) is 6.37. The second-order valence-corrected chi connectivity index (χ2v) is 4.99. The van der Waals surface area contributed by atoms with Gasteiger partial charge in [0.05, 0.1) is 5.56 Å². The number of carbonyl (C=O) groups excluding carboxylic acids is 1. The normalized spacial score (nSPS) is 13.9. The number of urea groups is 1. The molecule has 0 spiro atoms. The maximum absolute atomic E-state index is 11.8. The Labute approximate surface area is 112 Å². The lowest BCUT2D eigenvalue weighted by atomic mass is 10.1. The van der Waals surface area contributed by atoms with E-state index in [0.29, 0.717) is 12.5 Å². The molecule has 5 nitrogen and oxygen atoms in total. The third kappa shape index (κ3) is 3.98. The Bertz CT molecular complexity index is 466. The predicted octanol–water partition coefficient (Wildman–Crippen LogP) is 1.94. The molecule has 19 heavy (non-hydrogen) atoms. The summed E-state index contributed by atoms with van der Waals surface area (Å²) in [5.41, 5.74) is 1.17. The molecule has 2 rings (SSSR count). The summed E-state index contributed by atoms with van der Waals surface area (Å²) in [6.07, 6.45) is 2.42. The van der Waals surface area contributed by atoms with Gasteiger partial charge >= 0.3 is 12.0 Å². The van der Waals surface area contributed by atoms with Gasteiger partial charge in [0, 0.05) is 20.1 Å². The Hall–Kier alpha value is -2.04. The molecule has 5 heteroatoms. The number of hydrogen-bond acceptors (Lipinski definition) is 2. The van der Waals surface area contributed by atoms with Crippen molar-refractivity contribution in [2.24, 2.45) is 5.92 Å². The van der Waals surface area contributed by atoms with Crippen molar-refractivity contribution in [3.8, 4) is 0 Å². The zero-order chi connectivity index (χ0) is 13.8. The third-order valence-electron chi connectivity index (χ3n) is 3.21. The molecular weight excluding hydrogens is 244 g/mol. The van der Waals surface area contributed by atoms with E-state index in [9.17, 15) is 9.59 Å². The Morgan fingerprint density at radius 3 is 2.47 bits per heavy atom. The first-order valence-corrected chi connectivity index (χ1v) is 6.37. The number of aromatic carboxylic acids is 1. The van der Waals surface area contributed by atoms with Gasteiger partial charge in [0.1, 0.15) is 0 Å². The van der Waals surface area contributed by atoms with Gasteiger partial charge in [-0.3, -0.25) is 0 Å². The summed E-state index contributed by atoms with van der Waals surface area (Å²) in [6.45, 7) is 1.22. The second kappa shape index (κ2) is 5.73. The Morgan fingerprint density at radius 2 is 1.95 bits per heavy atom. The largest absolute Gasteiger partial charge is 0.478 e. The van der Waals surface area contributed by atoms with Gasteiger partial charge in [-0.05, 0) is 36.5 Å². The lowest BCUT2D eigenvalue weighted by Gasteiger charge is -2.18. The summed E-state index contributed by atoms with van der Waals surface area (Å²) in [4.78, 5) is 24.1. The molecule has 0 heterocycles. The second-order valence-electron chi connectivity index (χ2n) is 4.99. The number of benzene rings is 1. The zero-order valence-electron chi connectivity index (χ0n) is 10.9. The SMILES string of the molecule is CN(Cc1ccc(C(=O)O)cc1)C(=O)NCC1CC1. The Kier molecular flexibility index (Phi) is 4.04. The fraction of sp³-hybridized carbons (Fsp3) is 0.429. The first kappa shape index (κ1) is 13.4. The molecule has 0 aromatic heterocycles. The van der Waals surface area contributed by atoms with Crippen LogP contribution in [0.3, 0.4) is 0 Å². The van der Waals surface area contributed by atoms with Gasteiger partial charge in [-0.1, -0.05) is 12.1 Å². The average molecular weight is 262 g/mol. The minimum absolute atomic E-state index is 0.0887. The van der Waals surface area contributed by atoms with Gasteiger partial charge in [-0.15, -0.1) is 0 Å². The molecule has 1 aromatic rings. The molecule has 1 fully saturated rings. The topological polar surface area (TPSA) is 69.6 Å². The molecule has 0 radical (unpaired) electrons. The molecule has 102 valence electrons. The number of amides is 2. The molecule has 1 saturated carbocycles. The molecule has 0 atom stereocenters. The molecule has 1 aliphatic carbocycles. The molecule has 1 aromatic carbocycles. The highest BCUT2D eigenvalue weighted by Gasteiger charge is 2.22. The van der Waals surface area contributed by atoms with Crippen molar-refractivity contribution in [2.45, 2.75) is 19.4 Å². The Balaban J connectivity index is 1.84. The van der Waals surface area contributed by atoms with Crippen molar-refractivity contribution >= 4 is 12.0 Å². The molecule has 0 saturated heterocycles. The van der Waals surface area contributed by atoms with E-state index in [1.165, 1.54) is 12.8 Å². The van der Waals surface area contributed by atoms with Crippen LogP contribution in [0.15, 0.2) is 24.3 Å². The van der Waals surface area contributed by atoms with E-state index in [1.807, 2.05) is 0 Å². The van der Waals surface area contributed by atoms with Crippen LogP contribution < -0.4 is 5.32 Å². The first-order chi connectivity index (χ1) is 9.06. The van der Waals surface area contributed by atoms with E-state index in [-0.39, 0.29) is 11.6 Å². The summed E-state index contributed by atoms with van der Waals surface area (Å²) >= 11 is 0. The summed E-state index contributed by atoms with van der Waals surface area (Å²) in [5, 5.41) is 11.7. The lowest BCUT2D eigenvalue weighted by molar-refractivity contribution is 0.0697. The van der Waals surface area contributed by atoms with E-state index < -0.39 is 5.97 Å². The van der Waals surface area contributed by atoms with Gasteiger partial charge in [-0.2, -0.15) is 0 Å². The van der Waals surface area contributed by atoms with Crippen LogP contribution >= 0.6 is 0 Å². The fourth-order valence-corrected chi connectivity index (χ4v) is 1.79. The van der Waals surface area contributed by atoms with E-state index in [4.69, 9.17) is 5.11 Å². The maximum Gasteiger partial charge on any atom is 0.335 e. The molecule has 2 N–H and O–H groups in total. The Morgan fingerprint density at radius 1 is 1.32 bits per heavy atom. The van der Waals surface area contributed by atoms with Gasteiger partial charge in [0.15, 0.2) is 0 Å². The number of nitrogens with one attached hydrogen (secondary N) is 1. The zero-order valence-corrected chi connectivity index (χ0v) is 10.9. The van der Waals surface area contributed by atoms with Gasteiger partial charge in [0.2, 0.25) is 0 Å². The average Bonchev–Trinajstić information content (AvgIpc) is 3.20. The van der Waals surface area contributed by atoms with Crippen LogP contribution in [0.25, 0.3) is 0 Å². The number of carboxylic acid groups (broad SMARTS) is 1. The van der Waals surface area contributed by atoms with Crippen LogP contribution in [-0.2, 0) is 6.54 Å². The van der Waals surface area contributed by atoms with Gasteiger partial charge in [0.25, 0.3) is 0 Å². The van der Waals surface area contributed by atoms with Gasteiger partial charge < -0.3 is 15.3 Å². The van der Waals surface area contributed by atoms with Gasteiger partial charge in [-0.25, -0.2) is 9.59 Å². The highest BCUT2D eigenvalue weighted by atomic mass is 16.4. The number of rotatable bonds is 5. The van der Waals surface area contributed by atoms with Crippen LogP contribution in [0.4, 0.5) is 4.79 Å². The molecule has 0 aliphatic heterocycles. The summed E-state index contributed by atoms with van der Waals surface area (Å²) < 4.78 is 0. The standard InChI is InChI=1S/C14H18N2O3/c1-16(14(19)15-8-10-2-3-10)9-11-4-6-12(7-5-11)13(17)18/h4-7,10H,2-3,8-9H2,1H3,(H,15,19)(H,17,18). The number of carboxylic acids is 1. The highest BCUT2D eigenvalue weighted by Crippen LogP contribution is 2.27. The van der Waals surface area contributed by atoms with Crippen LogP contribution in [0, 0.1) is 5.92 Å². The molecule has 0 bridgehead atoms. The monoisotopic (exact) mass is 262 g/mol. The third-order valence-corrected chi connectivity index (χ3v) is 3.21. The predicted molar refractivity (Wildman–Crippen MR) is 71.0 cm³/mol. The van der Waals surface area contributed by atoms with E-state index in [1.54, 1.807) is 36.2 Å². The van der Waals surface area contributed by atoms with Crippen LogP contribution in [0.5, 0.6) is 0 Å². The highest BCUT2D eigenvalue weighted by molar-refractivity contribution is 5.87. The van der Waals surface area contributed by atoms with Crippen molar-refractivity contribution < 1.29 is 14.7 Å². The smallest absolute Gasteiger partial charge is 0.335 e. The summed E-state index contributed by atoms with van der Waals surface area (Å²) in [6, 6.07) is 6.47. The maximum atomic E-state index is 11.8. The molecular formula is C14H18N2O3. The van der Waals surface area contributed by atoms with Crippen molar-refractivity contribution in [2.75, 3.05) is 13.6 Å². The van der Waals surface area contributed by atoms with Crippen molar-refractivity contribution in [3.05, 3.63) is 35.4 Å². The van der Waals surface area contributed by atoms with E-state index in [2.05, 4.69) is 5.32 Å². The van der Waals surface area contributed by atoms with Crippen molar-refractivity contribution in [1.29, 1.82) is 0 Å². The fourth-order valence-electron chi connectivity index (χ4n) is 1.79. The number of nitrogens with zero attached hydrogens (tertiary/aromatic N) is 1. The summed E-state index contributed by atoms with van der Waals surface area (Å²) in [5.74, 6) is -0.283. The van der Waals surface area contributed by atoms with Crippen LogP contribution in [0.1, 0.15) is 28.8 Å². The molecule has 1 aliphatic rings. The van der Waals surface area contributed by atoms with Crippen LogP contribution in [-0.4, -0.2) is 35.6 Å². The van der Waals surface area contributed by atoms with E-state index in [0.717, 1.165) is 12.1 Å². The minimum atomic E-state index is -0.943. The minimum Gasteiger partial charge on any atom is -0.478 e. The van der Waals surface area contributed by atoms with Crippen LogP contribution in [0.2, 0.25) is 0 Å². The van der Waals surface area contributed by atoms with Crippen molar-refractivity contribution in [1.82, 2.24) is 10.2 Å². The number of hydrogen-bond donors (Lipinski definition) is 2. The van der Waals surface area contributed by atoms with Crippen molar-refractivity contribution in [3.63, 3.8) is 0 Å². The van der Waals surface area contributed by atoms with E-state index >= 15 is 0 Å². The lowest BCUT2D eigenvalue weighted by Crippen LogP contribution is -2.37. The molecule has 2 amide bonds.